The fraction of sp³-hybridized carbons (Fsp3) is 0.133. The third-order valence-electron chi connectivity index (χ3n) is 2.78. The van der Waals surface area contributed by atoms with Crippen LogP contribution in [-0.2, 0) is 17.8 Å². The summed E-state index contributed by atoms with van der Waals surface area (Å²) in [5.74, 6) is -0.0373. The van der Waals surface area contributed by atoms with Crippen LogP contribution in [0.15, 0.2) is 48.5 Å². The number of nitrogen functional groups attached to an aromatic ring is 1. The molecule has 19 heavy (non-hydrogen) atoms. The van der Waals surface area contributed by atoms with Crippen molar-refractivity contribution in [1.82, 2.24) is 5.32 Å². The average Bonchev–Trinajstić information content (AvgIpc) is 2.40. The monoisotopic (exact) mass is 274 g/mol. The highest BCUT2D eigenvalue weighted by Crippen LogP contribution is 2.14. The van der Waals surface area contributed by atoms with Gasteiger partial charge in [-0.05, 0) is 29.3 Å². The maximum Gasteiger partial charge on any atom is 0.224 e. The summed E-state index contributed by atoms with van der Waals surface area (Å²) in [7, 11) is 0. The molecule has 3 nitrogen and oxygen atoms in total. The van der Waals surface area contributed by atoms with Gasteiger partial charge in [0, 0.05) is 17.3 Å². The molecule has 0 aliphatic heterocycles. The SMILES string of the molecule is Nc1ccc(CC(=O)NCc2ccccc2Cl)cc1. The van der Waals surface area contributed by atoms with E-state index in [-0.39, 0.29) is 5.91 Å². The molecule has 3 N–H and O–H groups in total. The Morgan fingerprint density at radius 2 is 1.79 bits per heavy atom. The van der Waals surface area contributed by atoms with Crippen LogP contribution in [0.3, 0.4) is 0 Å². The highest BCUT2D eigenvalue weighted by Gasteiger charge is 2.04. The van der Waals surface area contributed by atoms with Crippen molar-refractivity contribution >= 4 is 23.2 Å². The van der Waals surface area contributed by atoms with E-state index in [1.165, 1.54) is 0 Å². The number of nitrogens with one attached hydrogen (secondary N) is 1. The van der Waals surface area contributed by atoms with Gasteiger partial charge in [-0.3, -0.25) is 4.79 Å². The first-order valence-corrected chi connectivity index (χ1v) is 6.37. The lowest BCUT2D eigenvalue weighted by Gasteiger charge is -2.07. The number of carbonyl (C=O) groups excluding carboxylic acids is 1. The lowest BCUT2D eigenvalue weighted by molar-refractivity contribution is -0.120. The van der Waals surface area contributed by atoms with E-state index >= 15 is 0 Å². The third kappa shape index (κ3) is 4.00. The average molecular weight is 275 g/mol. The Balaban J connectivity index is 1.88. The van der Waals surface area contributed by atoms with Crippen LogP contribution in [0.1, 0.15) is 11.1 Å². The van der Waals surface area contributed by atoms with E-state index in [0.717, 1.165) is 11.1 Å². The minimum Gasteiger partial charge on any atom is -0.399 e. The summed E-state index contributed by atoms with van der Waals surface area (Å²) in [5.41, 5.74) is 8.14. The third-order valence-corrected chi connectivity index (χ3v) is 3.15. The molecule has 0 spiro atoms. The molecule has 4 heteroatoms. The van der Waals surface area contributed by atoms with Gasteiger partial charge >= 0.3 is 0 Å². The van der Waals surface area contributed by atoms with Crippen molar-refractivity contribution in [3.05, 3.63) is 64.7 Å². The quantitative estimate of drug-likeness (QED) is 0.843. The smallest absolute Gasteiger partial charge is 0.224 e. The molecule has 98 valence electrons. The Labute approximate surface area is 117 Å². The zero-order valence-electron chi connectivity index (χ0n) is 10.4. The van der Waals surface area contributed by atoms with E-state index in [1.54, 1.807) is 12.1 Å². The first-order valence-electron chi connectivity index (χ1n) is 5.99. The number of hydrogen-bond donors (Lipinski definition) is 2. The maximum atomic E-state index is 11.8. The maximum absolute atomic E-state index is 11.8. The topological polar surface area (TPSA) is 55.1 Å². The number of halogens is 1. The molecule has 0 fully saturated rings. The van der Waals surface area contributed by atoms with Gasteiger partial charge in [0.25, 0.3) is 0 Å². The van der Waals surface area contributed by atoms with E-state index < -0.39 is 0 Å². The molecule has 2 aromatic rings. The molecule has 2 rings (SSSR count). The Morgan fingerprint density at radius 3 is 2.47 bits per heavy atom. The van der Waals surface area contributed by atoms with Gasteiger partial charge in [0.05, 0.1) is 6.42 Å². The molecule has 0 aliphatic carbocycles. The van der Waals surface area contributed by atoms with Crippen molar-refractivity contribution in [3.8, 4) is 0 Å². The molecule has 0 saturated carbocycles. The van der Waals surface area contributed by atoms with E-state index in [4.69, 9.17) is 17.3 Å². The number of carbonyl (C=O) groups is 1. The van der Waals surface area contributed by atoms with E-state index in [0.29, 0.717) is 23.7 Å². The minimum absolute atomic E-state index is 0.0373. The number of rotatable bonds is 4. The molecule has 0 aromatic heterocycles. The zero-order chi connectivity index (χ0) is 13.7. The van der Waals surface area contributed by atoms with Gasteiger partial charge < -0.3 is 11.1 Å². The molecule has 2 aromatic carbocycles. The van der Waals surface area contributed by atoms with Crippen LogP contribution >= 0.6 is 11.6 Å². The van der Waals surface area contributed by atoms with Gasteiger partial charge in [-0.2, -0.15) is 0 Å². The second-order valence-electron chi connectivity index (χ2n) is 4.29. The summed E-state index contributed by atoms with van der Waals surface area (Å²) in [5, 5.41) is 3.51. The van der Waals surface area contributed by atoms with Crippen molar-refractivity contribution in [2.45, 2.75) is 13.0 Å². The molecule has 1 amide bonds. The predicted octanol–water partition coefficient (Wildman–Crippen LogP) is 2.78. The summed E-state index contributed by atoms with van der Waals surface area (Å²) < 4.78 is 0. The summed E-state index contributed by atoms with van der Waals surface area (Å²) in [4.78, 5) is 11.8. The Morgan fingerprint density at radius 1 is 1.11 bits per heavy atom. The number of anilines is 1. The first-order chi connectivity index (χ1) is 9.15. The molecule has 0 atom stereocenters. The van der Waals surface area contributed by atoms with Crippen LogP contribution in [0.2, 0.25) is 5.02 Å². The molecule has 0 unspecified atom stereocenters. The largest absolute Gasteiger partial charge is 0.399 e. The fourth-order valence-electron chi connectivity index (χ4n) is 1.72. The molecule has 0 saturated heterocycles. The standard InChI is InChI=1S/C15H15ClN2O/c16-14-4-2-1-3-12(14)10-18-15(19)9-11-5-7-13(17)8-6-11/h1-8H,9-10,17H2,(H,18,19). The van der Waals surface area contributed by atoms with Crippen LogP contribution in [0.5, 0.6) is 0 Å². The number of hydrogen-bond acceptors (Lipinski definition) is 2. The lowest BCUT2D eigenvalue weighted by Crippen LogP contribution is -2.24. The Hall–Kier alpha value is -2.00. The molecule has 0 heterocycles. The molecular formula is C15H15ClN2O. The van der Waals surface area contributed by atoms with Crippen LogP contribution in [0.4, 0.5) is 5.69 Å². The minimum atomic E-state index is -0.0373. The zero-order valence-corrected chi connectivity index (χ0v) is 11.2. The van der Waals surface area contributed by atoms with Crippen LogP contribution in [0, 0.1) is 0 Å². The van der Waals surface area contributed by atoms with Gasteiger partial charge in [0.2, 0.25) is 5.91 Å². The number of amides is 1. The van der Waals surface area contributed by atoms with Crippen LogP contribution in [-0.4, -0.2) is 5.91 Å². The van der Waals surface area contributed by atoms with Crippen molar-refractivity contribution in [3.63, 3.8) is 0 Å². The second-order valence-corrected chi connectivity index (χ2v) is 4.69. The summed E-state index contributed by atoms with van der Waals surface area (Å²) in [6, 6.07) is 14.7. The molecule has 0 radical (unpaired) electrons. The lowest BCUT2D eigenvalue weighted by atomic mass is 10.1. The number of benzene rings is 2. The predicted molar refractivity (Wildman–Crippen MR) is 77.9 cm³/mol. The van der Waals surface area contributed by atoms with E-state index in [9.17, 15) is 4.79 Å². The highest BCUT2D eigenvalue weighted by molar-refractivity contribution is 6.31. The molecule has 0 bridgehead atoms. The van der Waals surface area contributed by atoms with Crippen molar-refractivity contribution in [2.75, 3.05) is 5.73 Å². The Kier molecular flexibility index (Phi) is 4.42. The normalized spacial score (nSPS) is 10.2. The van der Waals surface area contributed by atoms with Gasteiger partial charge in [-0.25, -0.2) is 0 Å². The number of nitrogens with two attached hydrogens (primary N) is 1. The fourth-order valence-corrected chi connectivity index (χ4v) is 1.92. The van der Waals surface area contributed by atoms with E-state index in [1.807, 2.05) is 36.4 Å². The van der Waals surface area contributed by atoms with Crippen molar-refractivity contribution in [1.29, 1.82) is 0 Å². The summed E-state index contributed by atoms with van der Waals surface area (Å²) in [6.45, 7) is 0.438. The van der Waals surface area contributed by atoms with Gasteiger partial charge in [-0.15, -0.1) is 0 Å². The van der Waals surface area contributed by atoms with Crippen molar-refractivity contribution in [2.24, 2.45) is 0 Å². The summed E-state index contributed by atoms with van der Waals surface area (Å²) in [6.07, 6.45) is 0.338. The van der Waals surface area contributed by atoms with Gasteiger partial charge in [0.15, 0.2) is 0 Å². The van der Waals surface area contributed by atoms with E-state index in [2.05, 4.69) is 5.32 Å². The molecular weight excluding hydrogens is 260 g/mol. The summed E-state index contributed by atoms with van der Waals surface area (Å²) >= 11 is 6.02. The first kappa shape index (κ1) is 13.4. The van der Waals surface area contributed by atoms with Crippen LogP contribution in [0.25, 0.3) is 0 Å². The Bertz CT molecular complexity index is 567. The molecule has 0 aliphatic rings. The second kappa shape index (κ2) is 6.25. The highest BCUT2D eigenvalue weighted by atomic mass is 35.5. The van der Waals surface area contributed by atoms with Crippen LogP contribution < -0.4 is 11.1 Å². The van der Waals surface area contributed by atoms with Gasteiger partial charge in [-0.1, -0.05) is 41.9 Å². The van der Waals surface area contributed by atoms with Crippen molar-refractivity contribution < 1.29 is 4.79 Å². The van der Waals surface area contributed by atoms with Gasteiger partial charge in [0.1, 0.15) is 0 Å².